The van der Waals surface area contributed by atoms with Crippen LogP contribution in [0.25, 0.3) is 6.08 Å². The number of nitrogens with zero attached hydrogens (tertiary/aromatic N) is 2. The predicted molar refractivity (Wildman–Crippen MR) is 106 cm³/mol. The van der Waals surface area contributed by atoms with Gasteiger partial charge in [0.15, 0.2) is 0 Å². The number of hydrogen-bond acceptors (Lipinski definition) is 2. The van der Waals surface area contributed by atoms with Crippen molar-refractivity contribution in [1.82, 2.24) is 15.1 Å². The van der Waals surface area contributed by atoms with Crippen LogP contribution >= 0.6 is 0 Å². The molecule has 1 aliphatic rings. The maximum atomic E-state index is 12.9. The van der Waals surface area contributed by atoms with Gasteiger partial charge in [-0.2, -0.15) is 0 Å². The van der Waals surface area contributed by atoms with Gasteiger partial charge >= 0.3 is 6.03 Å². The standard InChI is InChI=1S/C21H33N3O/c1-6-9-19-16(3)10-8-11-20(19)17(4)22-21(25)24(7-2)18-12-14-23(5)15-13-18/h6,8-11,17-18H,7,12-15H2,1-5H3,(H,22,25)/b9-6-. The van der Waals surface area contributed by atoms with Gasteiger partial charge in [0.05, 0.1) is 6.04 Å². The van der Waals surface area contributed by atoms with Crippen LogP contribution in [0.4, 0.5) is 4.79 Å². The van der Waals surface area contributed by atoms with Crippen molar-refractivity contribution in [1.29, 1.82) is 0 Å². The summed E-state index contributed by atoms with van der Waals surface area (Å²) in [7, 11) is 2.15. The van der Waals surface area contributed by atoms with Crippen LogP contribution in [0.2, 0.25) is 0 Å². The molecule has 1 aliphatic heterocycles. The highest BCUT2D eigenvalue weighted by molar-refractivity contribution is 5.75. The number of allylic oxidation sites excluding steroid dienone is 1. The van der Waals surface area contributed by atoms with Crippen molar-refractivity contribution >= 4 is 12.1 Å². The highest BCUT2D eigenvalue weighted by Gasteiger charge is 2.26. The van der Waals surface area contributed by atoms with Crippen molar-refractivity contribution in [2.75, 3.05) is 26.7 Å². The Morgan fingerprint density at radius 2 is 2.08 bits per heavy atom. The van der Waals surface area contributed by atoms with Gasteiger partial charge in [0.2, 0.25) is 0 Å². The maximum Gasteiger partial charge on any atom is 0.318 e. The Morgan fingerprint density at radius 3 is 2.68 bits per heavy atom. The molecule has 0 radical (unpaired) electrons. The van der Waals surface area contributed by atoms with E-state index in [1.165, 1.54) is 16.7 Å². The summed E-state index contributed by atoms with van der Waals surface area (Å²) in [5.41, 5.74) is 3.62. The molecule has 1 N–H and O–H groups in total. The number of likely N-dealkylation sites (tertiary alicyclic amines) is 1. The number of urea groups is 1. The summed E-state index contributed by atoms with van der Waals surface area (Å²) in [4.78, 5) is 17.2. The summed E-state index contributed by atoms with van der Waals surface area (Å²) < 4.78 is 0. The summed E-state index contributed by atoms with van der Waals surface area (Å²) in [5.74, 6) is 0. The number of carbonyl (C=O) groups is 1. The Hall–Kier alpha value is -1.81. The fourth-order valence-corrected chi connectivity index (χ4v) is 3.70. The van der Waals surface area contributed by atoms with Crippen LogP contribution in [0.3, 0.4) is 0 Å². The second-order valence-corrected chi connectivity index (χ2v) is 7.07. The van der Waals surface area contributed by atoms with E-state index in [1.807, 2.05) is 11.8 Å². The van der Waals surface area contributed by atoms with Crippen molar-refractivity contribution in [3.63, 3.8) is 0 Å². The molecule has 1 heterocycles. The summed E-state index contributed by atoms with van der Waals surface area (Å²) in [5, 5.41) is 3.22. The van der Waals surface area contributed by atoms with Crippen molar-refractivity contribution in [2.45, 2.75) is 52.6 Å². The molecule has 0 saturated carbocycles. The molecule has 0 aromatic heterocycles. The molecule has 2 amide bonds. The molecule has 1 unspecified atom stereocenters. The van der Waals surface area contributed by atoms with Crippen molar-refractivity contribution in [3.8, 4) is 0 Å². The lowest BCUT2D eigenvalue weighted by molar-refractivity contribution is 0.133. The van der Waals surface area contributed by atoms with E-state index in [2.05, 4.69) is 68.4 Å². The molecule has 0 spiro atoms. The Labute approximate surface area is 152 Å². The minimum absolute atomic E-state index is 0.0149. The molecule has 1 atom stereocenters. The predicted octanol–water partition coefficient (Wildman–Crippen LogP) is 4.21. The van der Waals surface area contributed by atoms with Gasteiger partial charge in [-0.1, -0.05) is 30.4 Å². The zero-order chi connectivity index (χ0) is 18.4. The number of aryl methyl sites for hydroxylation is 1. The monoisotopic (exact) mass is 343 g/mol. The third kappa shape index (κ3) is 4.85. The molecule has 25 heavy (non-hydrogen) atoms. The lowest BCUT2D eigenvalue weighted by Gasteiger charge is -2.37. The zero-order valence-electron chi connectivity index (χ0n) is 16.4. The number of hydrogen-bond donors (Lipinski definition) is 1. The molecule has 2 rings (SSSR count). The minimum atomic E-state index is -0.0149. The van der Waals surface area contributed by atoms with Gasteiger partial charge in [0.25, 0.3) is 0 Å². The van der Waals surface area contributed by atoms with Crippen LogP contribution in [-0.2, 0) is 0 Å². The molecular weight excluding hydrogens is 310 g/mol. The molecule has 1 aromatic rings. The van der Waals surface area contributed by atoms with Crippen molar-refractivity contribution < 1.29 is 4.79 Å². The van der Waals surface area contributed by atoms with E-state index in [-0.39, 0.29) is 12.1 Å². The summed E-state index contributed by atoms with van der Waals surface area (Å²) in [6.07, 6.45) is 6.29. The summed E-state index contributed by atoms with van der Waals surface area (Å²) in [6.45, 7) is 11.2. The molecule has 4 heteroatoms. The van der Waals surface area contributed by atoms with E-state index < -0.39 is 0 Å². The van der Waals surface area contributed by atoms with Crippen LogP contribution in [0.1, 0.15) is 56.3 Å². The van der Waals surface area contributed by atoms with Gasteiger partial charge in [-0.05, 0) is 77.4 Å². The van der Waals surface area contributed by atoms with Gasteiger partial charge in [-0.25, -0.2) is 4.79 Å². The quantitative estimate of drug-likeness (QED) is 0.869. The number of carbonyl (C=O) groups excluding carboxylic acids is 1. The topological polar surface area (TPSA) is 35.6 Å². The highest BCUT2D eigenvalue weighted by atomic mass is 16.2. The van der Waals surface area contributed by atoms with E-state index in [0.29, 0.717) is 6.04 Å². The number of amides is 2. The molecule has 1 aromatic carbocycles. The molecule has 138 valence electrons. The first kappa shape index (κ1) is 19.5. The van der Waals surface area contributed by atoms with Crippen molar-refractivity contribution in [2.24, 2.45) is 0 Å². The number of piperidine rings is 1. The first-order valence-electron chi connectivity index (χ1n) is 9.45. The highest BCUT2D eigenvalue weighted by Crippen LogP contribution is 2.23. The van der Waals surface area contributed by atoms with Gasteiger partial charge in [-0.15, -0.1) is 0 Å². The van der Waals surface area contributed by atoms with Crippen LogP contribution in [0.15, 0.2) is 24.3 Å². The van der Waals surface area contributed by atoms with E-state index >= 15 is 0 Å². The number of benzene rings is 1. The SMILES string of the molecule is C/C=C\c1c(C)cccc1C(C)NC(=O)N(CC)C1CCN(C)CC1. The van der Waals surface area contributed by atoms with E-state index in [0.717, 1.165) is 32.5 Å². The number of rotatable bonds is 5. The van der Waals surface area contributed by atoms with Gasteiger partial charge in [0.1, 0.15) is 0 Å². The average molecular weight is 344 g/mol. The summed E-state index contributed by atoms with van der Waals surface area (Å²) in [6, 6.07) is 6.68. The van der Waals surface area contributed by atoms with Crippen LogP contribution in [0.5, 0.6) is 0 Å². The Bertz CT molecular complexity index is 603. The minimum Gasteiger partial charge on any atom is -0.331 e. The average Bonchev–Trinajstić information content (AvgIpc) is 2.59. The maximum absolute atomic E-state index is 12.9. The molecule has 1 saturated heterocycles. The van der Waals surface area contributed by atoms with Crippen molar-refractivity contribution in [3.05, 3.63) is 41.0 Å². The lowest BCUT2D eigenvalue weighted by Crippen LogP contribution is -2.50. The third-order valence-electron chi connectivity index (χ3n) is 5.23. The van der Waals surface area contributed by atoms with Crippen LogP contribution in [-0.4, -0.2) is 48.6 Å². The Morgan fingerprint density at radius 1 is 1.40 bits per heavy atom. The largest absolute Gasteiger partial charge is 0.331 e. The smallest absolute Gasteiger partial charge is 0.318 e. The third-order valence-corrected chi connectivity index (χ3v) is 5.23. The number of nitrogens with one attached hydrogen (secondary N) is 1. The zero-order valence-corrected chi connectivity index (χ0v) is 16.4. The normalized spacial score (nSPS) is 17.6. The van der Waals surface area contributed by atoms with E-state index in [1.54, 1.807) is 0 Å². The van der Waals surface area contributed by atoms with Gasteiger partial charge in [-0.3, -0.25) is 0 Å². The Kier molecular flexibility index (Phi) is 7.06. The van der Waals surface area contributed by atoms with Crippen LogP contribution in [0, 0.1) is 6.92 Å². The van der Waals surface area contributed by atoms with Gasteiger partial charge in [0, 0.05) is 12.6 Å². The second kappa shape index (κ2) is 9.04. The lowest BCUT2D eigenvalue weighted by atomic mass is 9.96. The Balaban J connectivity index is 2.10. The molecular formula is C21H33N3O. The first-order valence-corrected chi connectivity index (χ1v) is 9.45. The van der Waals surface area contributed by atoms with E-state index in [9.17, 15) is 4.79 Å². The fraction of sp³-hybridized carbons (Fsp3) is 0.571. The fourth-order valence-electron chi connectivity index (χ4n) is 3.70. The first-order chi connectivity index (χ1) is 12.0. The molecule has 0 bridgehead atoms. The molecule has 1 fully saturated rings. The molecule has 0 aliphatic carbocycles. The molecule has 4 nitrogen and oxygen atoms in total. The second-order valence-electron chi connectivity index (χ2n) is 7.07. The van der Waals surface area contributed by atoms with Crippen LogP contribution < -0.4 is 5.32 Å². The summed E-state index contributed by atoms with van der Waals surface area (Å²) >= 11 is 0. The van der Waals surface area contributed by atoms with E-state index in [4.69, 9.17) is 0 Å². The van der Waals surface area contributed by atoms with Gasteiger partial charge < -0.3 is 15.1 Å².